The fraction of sp³-hybridized carbons (Fsp3) is 0.556. The third kappa shape index (κ3) is 4.04. The molecule has 1 aliphatic heterocycles. The van der Waals surface area contributed by atoms with E-state index < -0.39 is 0 Å². The van der Waals surface area contributed by atoms with Gasteiger partial charge in [-0.2, -0.15) is 5.10 Å². The highest BCUT2D eigenvalue weighted by molar-refractivity contribution is 6.41. The van der Waals surface area contributed by atoms with Gasteiger partial charge in [-0.1, -0.05) is 55.8 Å². The number of hydrogen-bond donors (Lipinski definition) is 1. The molecule has 1 aromatic rings. The molecule has 130 valence electrons. The van der Waals surface area contributed by atoms with E-state index in [4.69, 9.17) is 23.2 Å². The molecular formula is C18H23Cl2N3O. The van der Waals surface area contributed by atoms with E-state index in [1.54, 1.807) is 17.1 Å². The minimum atomic E-state index is -0.0398. The summed E-state index contributed by atoms with van der Waals surface area (Å²) in [6, 6.07) is 5.60. The summed E-state index contributed by atoms with van der Waals surface area (Å²) in [5, 5.41) is 10.6. The summed E-state index contributed by atoms with van der Waals surface area (Å²) in [5.74, 6) is 0.0320. The molecule has 0 saturated heterocycles. The number of carbonyl (C=O) groups is 1. The number of rotatable bonds is 3. The van der Waals surface area contributed by atoms with Crippen molar-refractivity contribution in [3.05, 3.63) is 28.2 Å². The highest BCUT2D eigenvalue weighted by Crippen LogP contribution is 2.32. The number of amides is 1. The second kappa shape index (κ2) is 7.75. The first-order valence-corrected chi connectivity index (χ1v) is 9.42. The molecule has 2 aliphatic rings. The van der Waals surface area contributed by atoms with E-state index in [1.165, 1.54) is 25.7 Å². The summed E-state index contributed by atoms with van der Waals surface area (Å²) in [6.07, 6.45) is 7.07. The van der Waals surface area contributed by atoms with Gasteiger partial charge < -0.3 is 5.32 Å². The Bertz CT molecular complexity index is 639. The molecule has 1 saturated carbocycles. The van der Waals surface area contributed by atoms with Crippen LogP contribution in [0.1, 0.15) is 45.4 Å². The van der Waals surface area contributed by atoms with Crippen LogP contribution in [0, 0.1) is 5.92 Å². The number of nitrogens with zero attached hydrogens (tertiary/aromatic N) is 2. The predicted molar refractivity (Wildman–Crippen MR) is 100 cm³/mol. The first-order chi connectivity index (χ1) is 11.5. The summed E-state index contributed by atoms with van der Waals surface area (Å²) in [4.78, 5) is 12.6. The van der Waals surface area contributed by atoms with Gasteiger partial charge in [0, 0.05) is 17.0 Å². The normalized spacial score (nSPS) is 22.2. The van der Waals surface area contributed by atoms with Crippen molar-refractivity contribution in [2.24, 2.45) is 11.0 Å². The molecule has 3 rings (SSSR count). The maximum atomic E-state index is 12.6. The van der Waals surface area contributed by atoms with Gasteiger partial charge in [0.1, 0.15) is 5.71 Å². The Balaban J connectivity index is 1.71. The van der Waals surface area contributed by atoms with Crippen molar-refractivity contribution in [2.75, 3.05) is 11.6 Å². The molecule has 1 heterocycles. The Morgan fingerprint density at radius 1 is 1.21 bits per heavy atom. The average molecular weight is 368 g/mol. The van der Waals surface area contributed by atoms with Crippen LogP contribution in [0.15, 0.2) is 23.3 Å². The van der Waals surface area contributed by atoms with Gasteiger partial charge in [-0.15, -0.1) is 0 Å². The summed E-state index contributed by atoms with van der Waals surface area (Å²) >= 11 is 12.2. The minimum Gasteiger partial charge on any atom is -0.348 e. The zero-order valence-corrected chi connectivity index (χ0v) is 15.4. The summed E-state index contributed by atoms with van der Waals surface area (Å²) in [7, 11) is 0. The standard InChI is InChI=1S/C18H23Cl2N3O/c1-12-11-23(16-9-8-13(19)10-15(16)20)22-17(12)18(24)21-14-6-4-2-3-5-7-14/h8-10,12,14H,2-7,11H2,1H3,(H,21,24)/t12-/m0/s1. The van der Waals surface area contributed by atoms with Gasteiger partial charge in [-0.3, -0.25) is 9.80 Å². The van der Waals surface area contributed by atoms with Gasteiger partial charge in [0.25, 0.3) is 5.91 Å². The fourth-order valence-electron chi connectivity index (χ4n) is 3.41. The van der Waals surface area contributed by atoms with Crippen molar-refractivity contribution >= 4 is 40.5 Å². The number of hydrogen-bond acceptors (Lipinski definition) is 3. The highest BCUT2D eigenvalue weighted by Gasteiger charge is 2.30. The number of anilines is 1. The van der Waals surface area contributed by atoms with Crippen LogP contribution in [-0.2, 0) is 4.79 Å². The summed E-state index contributed by atoms with van der Waals surface area (Å²) in [6.45, 7) is 2.67. The number of benzene rings is 1. The van der Waals surface area contributed by atoms with Crippen LogP contribution in [-0.4, -0.2) is 24.2 Å². The van der Waals surface area contributed by atoms with Gasteiger partial charge in [-0.05, 0) is 31.0 Å². The summed E-state index contributed by atoms with van der Waals surface area (Å²) in [5.41, 5.74) is 1.37. The lowest BCUT2D eigenvalue weighted by molar-refractivity contribution is -0.115. The van der Waals surface area contributed by atoms with Crippen molar-refractivity contribution in [1.82, 2.24) is 5.32 Å². The lowest BCUT2D eigenvalue weighted by Crippen LogP contribution is -2.40. The Morgan fingerprint density at radius 2 is 1.92 bits per heavy atom. The van der Waals surface area contributed by atoms with E-state index in [9.17, 15) is 4.79 Å². The molecule has 1 aromatic carbocycles. The third-order valence-corrected chi connectivity index (χ3v) is 5.29. The predicted octanol–water partition coefficient (Wildman–Crippen LogP) is 4.64. The zero-order valence-electron chi connectivity index (χ0n) is 13.9. The monoisotopic (exact) mass is 367 g/mol. The maximum Gasteiger partial charge on any atom is 0.268 e. The van der Waals surface area contributed by atoms with E-state index in [1.807, 2.05) is 13.0 Å². The maximum absolute atomic E-state index is 12.6. The van der Waals surface area contributed by atoms with E-state index >= 15 is 0 Å². The van der Waals surface area contributed by atoms with E-state index in [0.29, 0.717) is 22.3 Å². The Morgan fingerprint density at radius 3 is 2.58 bits per heavy atom. The largest absolute Gasteiger partial charge is 0.348 e. The Kier molecular flexibility index (Phi) is 5.67. The van der Waals surface area contributed by atoms with Gasteiger partial charge in [-0.25, -0.2) is 0 Å². The molecule has 1 N–H and O–H groups in total. The summed E-state index contributed by atoms with van der Waals surface area (Å²) < 4.78 is 0. The van der Waals surface area contributed by atoms with Gasteiger partial charge in [0.2, 0.25) is 0 Å². The third-order valence-electron chi connectivity index (χ3n) is 4.75. The second-order valence-corrected chi connectivity index (χ2v) is 7.57. The van der Waals surface area contributed by atoms with Crippen LogP contribution in [0.4, 0.5) is 5.69 Å². The SMILES string of the molecule is C[C@H]1CN(c2ccc(Cl)cc2Cl)N=C1C(=O)NC1CCCCCC1. The van der Waals surface area contributed by atoms with E-state index in [2.05, 4.69) is 10.4 Å². The van der Waals surface area contributed by atoms with Crippen LogP contribution in [0.5, 0.6) is 0 Å². The molecule has 0 aromatic heterocycles. The highest BCUT2D eigenvalue weighted by atomic mass is 35.5. The molecule has 1 aliphatic carbocycles. The molecule has 1 atom stereocenters. The second-order valence-electron chi connectivity index (χ2n) is 6.73. The van der Waals surface area contributed by atoms with Crippen LogP contribution in [0.25, 0.3) is 0 Å². The minimum absolute atomic E-state index is 0.0398. The van der Waals surface area contributed by atoms with Crippen LogP contribution >= 0.6 is 23.2 Å². The first-order valence-electron chi connectivity index (χ1n) is 8.66. The number of hydrazone groups is 1. The van der Waals surface area contributed by atoms with Crippen LogP contribution in [0.3, 0.4) is 0 Å². The molecule has 1 amide bonds. The van der Waals surface area contributed by atoms with Crippen molar-refractivity contribution in [1.29, 1.82) is 0 Å². The molecule has 0 unspecified atom stereocenters. The smallest absolute Gasteiger partial charge is 0.268 e. The quantitative estimate of drug-likeness (QED) is 0.790. The van der Waals surface area contributed by atoms with Crippen molar-refractivity contribution < 1.29 is 4.79 Å². The lowest BCUT2D eigenvalue weighted by atomic mass is 10.0. The molecule has 0 spiro atoms. The Hall–Kier alpha value is -1.26. The molecule has 24 heavy (non-hydrogen) atoms. The zero-order chi connectivity index (χ0) is 17.1. The molecule has 0 radical (unpaired) electrons. The molecule has 6 heteroatoms. The lowest BCUT2D eigenvalue weighted by Gasteiger charge is -2.16. The number of halogens is 2. The molecule has 1 fully saturated rings. The van der Waals surface area contributed by atoms with Crippen molar-refractivity contribution in [2.45, 2.75) is 51.5 Å². The van der Waals surface area contributed by atoms with Crippen molar-refractivity contribution in [3.63, 3.8) is 0 Å². The van der Waals surface area contributed by atoms with E-state index in [0.717, 1.165) is 18.5 Å². The molecular weight excluding hydrogens is 345 g/mol. The Labute approximate surface area is 153 Å². The fourth-order valence-corrected chi connectivity index (χ4v) is 3.92. The van der Waals surface area contributed by atoms with Gasteiger partial charge in [0.05, 0.1) is 17.3 Å². The number of carbonyl (C=O) groups excluding carboxylic acids is 1. The molecule has 0 bridgehead atoms. The number of nitrogens with one attached hydrogen (secondary N) is 1. The first kappa shape index (κ1) is 17.6. The van der Waals surface area contributed by atoms with Crippen LogP contribution in [0.2, 0.25) is 10.0 Å². The van der Waals surface area contributed by atoms with Crippen LogP contribution < -0.4 is 10.3 Å². The van der Waals surface area contributed by atoms with Gasteiger partial charge >= 0.3 is 0 Å². The van der Waals surface area contributed by atoms with Gasteiger partial charge in [0.15, 0.2) is 0 Å². The van der Waals surface area contributed by atoms with Crippen molar-refractivity contribution in [3.8, 4) is 0 Å². The topological polar surface area (TPSA) is 44.7 Å². The molecule has 4 nitrogen and oxygen atoms in total. The van der Waals surface area contributed by atoms with E-state index in [-0.39, 0.29) is 17.9 Å². The average Bonchev–Trinajstić information content (AvgIpc) is 2.75.